The fraction of sp³-hybridized carbons (Fsp3) is 0.320. The van der Waals surface area contributed by atoms with Crippen molar-refractivity contribution in [2.75, 3.05) is 33.8 Å². The fourth-order valence-corrected chi connectivity index (χ4v) is 4.91. The third-order valence-electron chi connectivity index (χ3n) is 6.47. The van der Waals surface area contributed by atoms with Gasteiger partial charge in [0.05, 0.1) is 28.4 Å². The summed E-state index contributed by atoms with van der Waals surface area (Å²) in [5.41, 5.74) is 3.31. The summed E-state index contributed by atoms with van der Waals surface area (Å²) >= 11 is 0. The van der Waals surface area contributed by atoms with Gasteiger partial charge in [0.15, 0.2) is 28.8 Å². The molecular weight excluding hydrogens is 436 g/mol. The fourth-order valence-electron chi connectivity index (χ4n) is 4.91. The van der Waals surface area contributed by atoms with Gasteiger partial charge in [-0.1, -0.05) is 18.2 Å². The topological polar surface area (TPSA) is 96.7 Å². The number of para-hydroxylation sites is 1. The summed E-state index contributed by atoms with van der Waals surface area (Å²) in [7, 11) is 6.40. The Balaban J connectivity index is 1.60. The summed E-state index contributed by atoms with van der Waals surface area (Å²) in [5, 5.41) is 7.77. The maximum atomic E-state index is 13.7. The lowest BCUT2D eigenvalue weighted by molar-refractivity contribution is -0.116. The largest absolute Gasteiger partial charge is 0.493 e. The second-order valence-corrected chi connectivity index (χ2v) is 8.17. The third-order valence-corrected chi connectivity index (χ3v) is 6.47. The van der Waals surface area contributed by atoms with E-state index in [1.165, 1.54) is 6.33 Å². The SMILES string of the molecule is COc1ccc([C@@H]2CC(=O)C3=C(C2)Nc2ncnn2[C@H]3c2cccc(OC)c2OC)cc1OC. The highest BCUT2D eigenvalue weighted by molar-refractivity contribution is 6.00. The molecule has 2 aliphatic rings. The number of fused-ring (bicyclic) bond motifs is 1. The number of benzene rings is 2. The molecule has 1 aliphatic heterocycles. The maximum absolute atomic E-state index is 13.7. The number of Topliss-reactive ketones (excluding diaryl/α,β-unsaturated/α-hetero) is 1. The van der Waals surface area contributed by atoms with Crippen LogP contribution in [0, 0.1) is 0 Å². The van der Waals surface area contributed by atoms with E-state index >= 15 is 0 Å². The van der Waals surface area contributed by atoms with Crippen molar-refractivity contribution in [1.82, 2.24) is 14.8 Å². The zero-order valence-electron chi connectivity index (χ0n) is 19.5. The van der Waals surface area contributed by atoms with Crippen LogP contribution in [-0.2, 0) is 4.79 Å². The summed E-state index contributed by atoms with van der Waals surface area (Å²) in [6.45, 7) is 0. The minimum atomic E-state index is -0.474. The second-order valence-electron chi connectivity index (χ2n) is 8.17. The van der Waals surface area contributed by atoms with Gasteiger partial charge in [0.25, 0.3) is 0 Å². The zero-order chi connectivity index (χ0) is 23.8. The molecule has 0 unspecified atom stereocenters. The molecule has 0 saturated heterocycles. The number of carbonyl (C=O) groups excluding carboxylic acids is 1. The Morgan fingerprint density at radius 3 is 2.47 bits per heavy atom. The van der Waals surface area contributed by atoms with E-state index in [0.29, 0.717) is 47.4 Å². The second kappa shape index (κ2) is 8.74. The number of hydrogen-bond donors (Lipinski definition) is 1. The zero-order valence-corrected chi connectivity index (χ0v) is 19.5. The molecule has 2 heterocycles. The average Bonchev–Trinajstić information content (AvgIpc) is 3.34. The molecule has 1 N–H and O–H groups in total. The standard InChI is InChI=1S/C25H26N4O5/c1-31-19-9-8-14(12-21(19)33-3)15-10-17-22(18(30)11-15)23(29-25(28-17)26-13-27-29)16-6-5-7-20(32-2)24(16)34-4/h5-9,12-13,15,23H,10-11H2,1-4H3,(H,26,27,28)/t15-,23-/m0/s1. The van der Waals surface area contributed by atoms with E-state index in [9.17, 15) is 4.79 Å². The Morgan fingerprint density at radius 2 is 1.74 bits per heavy atom. The van der Waals surface area contributed by atoms with Crippen molar-refractivity contribution < 1.29 is 23.7 Å². The third kappa shape index (κ3) is 3.44. The first kappa shape index (κ1) is 21.8. The highest BCUT2D eigenvalue weighted by Gasteiger charge is 2.40. The Bertz CT molecular complexity index is 1280. The van der Waals surface area contributed by atoms with E-state index < -0.39 is 6.04 Å². The van der Waals surface area contributed by atoms with Gasteiger partial charge in [-0.3, -0.25) is 4.79 Å². The monoisotopic (exact) mass is 462 g/mol. The van der Waals surface area contributed by atoms with Gasteiger partial charge in [0.1, 0.15) is 12.4 Å². The Morgan fingerprint density at radius 1 is 0.941 bits per heavy atom. The van der Waals surface area contributed by atoms with Crippen LogP contribution in [0.5, 0.6) is 23.0 Å². The molecule has 2 aromatic carbocycles. The molecule has 1 aromatic heterocycles. The smallest absolute Gasteiger partial charge is 0.226 e. The molecule has 1 aliphatic carbocycles. The highest BCUT2D eigenvalue weighted by atomic mass is 16.5. The number of ketones is 1. The molecule has 2 atom stereocenters. The van der Waals surface area contributed by atoms with Crippen LogP contribution < -0.4 is 24.3 Å². The number of rotatable bonds is 6. The van der Waals surface area contributed by atoms with Gasteiger partial charge >= 0.3 is 0 Å². The van der Waals surface area contributed by atoms with E-state index in [-0.39, 0.29) is 11.7 Å². The first-order chi connectivity index (χ1) is 16.6. The van der Waals surface area contributed by atoms with E-state index in [1.54, 1.807) is 33.1 Å². The van der Waals surface area contributed by atoms with Crippen LogP contribution in [0.4, 0.5) is 5.95 Å². The molecule has 176 valence electrons. The molecule has 0 amide bonds. The van der Waals surface area contributed by atoms with E-state index in [0.717, 1.165) is 16.8 Å². The van der Waals surface area contributed by atoms with Crippen LogP contribution in [0.1, 0.15) is 35.9 Å². The quantitative estimate of drug-likeness (QED) is 0.592. The van der Waals surface area contributed by atoms with Crippen molar-refractivity contribution in [3.63, 3.8) is 0 Å². The van der Waals surface area contributed by atoms with Gasteiger partial charge < -0.3 is 24.3 Å². The number of aromatic nitrogens is 3. The number of methoxy groups -OCH3 is 4. The normalized spacial score (nSPS) is 19.1. The number of ether oxygens (including phenoxy) is 4. The van der Waals surface area contributed by atoms with Crippen molar-refractivity contribution >= 4 is 11.7 Å². The van der Waals surface area contributed by atoms with Crippen LogP contribution >= 0.6 is 0 Å². The Labute approximate surface area is 197 Å². The first-order valence-corrected chi connectivity index (χ1v) is 10.9. The lowest BCUT2D eigenvalue weighted by Crippen LogP contribution is -2.33. The number of nitrogens with zero attached hydrogens (tertiary/aromatic N) is 3. The summed E-state index contributed by atoms with van der Waals surface area (Å²) in [4.78, 5) is 18.1. The van der Waals surface area contributed by atoms with Crippen molar-refractivity contribution in [3.05, 3.63) is 65.1 Å². The number of nitrogens with one attached hydrogen (secondary N) is 1. The van der Waals surface area contributed by atoms with Crippen LogP contribution in [0.25, 0.3) is 0 Å². The molecule has 0 spiro atoms. The molecule has 5 rings (SSSR count). The van der Waals surface area contributed by atoms with Crippen molar-refractivity contribution in [1.29, 1.82) is 0 Å². The lowest BCUT2D eigenvalue weighted by Gasteiger charge is -2.35. The minimum Gasteiger partial charge on any atom is -0.493 e. The average molecular weight is 463 g/mol. The summed E-state index contributed by atoms with van der Waals surface area (Å²) in [6.07, 6.45) is 2.49. The van der Waals surface area contributed by atoms with Crippen molar-refractivity contribution in [2.45, 2.75) is 24.8 Å². The van der Waals surface area contributed by atoms with E-state index in [2.05, 4.69) is 15.4 Å². The van der Waals surface area contributed by atoms with Crippen molar-refractivity contribution in [3.8, 4) is 23.0 Å². The van der Waals surface area contributed by atoms with Gasteiger partial charge in [-0.15, -0.1) is 0 Å². The molecule has 0 saturated carbocycles. The summed E-state index contributed by atoms with van der Waals surface area (Å²) in [6, 6.07) is 11.0. The van der Waals surface area contributed by atoms with E-state index in [4.69, 9.17) is 18.9 Å². The van der Waals surface area contributed by atoms with Gasteiger partial charge in [-0.2, -0.15) is 10.1 Å². The summed E-state index contributed by atoms with van der Waals surface area (Å²) in [5.74, 6) is 3.07. The molecule has 9 nitrogen and oxygen atoms in total. The highest BCUT2D eigenvalue weighted by Crippen LogP contribution is 2.47. The number of allylic oxidation sites excluding steroid dienone is 2. The van der Waals surface area contributed by atoms with Gasteiger partial charge in [0.2, 0.25) is 5.95 Å². The van der Waals surface area contributed by atoms with E-state index in [1.807, 2.05) is 36.4 Å². The van der Waals surface area contributed by atoms with Crippen LogP contribution in [0.3, 0.4) is 0 Å². The van der Waals surface area contributed by atoms with Gasteiger partial charge in [0, 0.05) is 23.3 Å². The predicted molar refractivity (Wildman–Crippen MR) is 125 cm³/mol. The molecule has 9 heteroatoms. The molecular formula is C25H26N4O5. The van der Waals surface area contributed by atoms with Crippen molar-refractivity contribution in [2.24, 2.45) is 0 Å². The molecule has 3 aromatic rings. The summed E-state index contributed by atoms with van der Waals surface area (Å²) < 4.78 is 23.8. The Kier molecular flexibility index (Phi) is 5.61. The maximum Gasteiger partial charge on any atom is 0.226 e. The Hall–Kier alpha value is -4.01. The number of carbonyl (C=O) groups is 1. The number of hydrogen-bond acceptors (Lipinski definition) is 8. The minimum absolute atomic E-state index is 0.0131. The molecule has 0 radical (unpaired) electrons. The molecule has 0 bridgehead atoms. The van der Waals surface area contributed by atoms with Crippen LogP contribution in [0.2, 0.25) is 0 Å². The molecule has 0 fully saturated rings. The van der Waals surface area contributed by atoms with Crippen LogP contribution in [-0.4, -0.2) is 49.0 Å². The van der Waals surface area contributed by atoms with Gasteiger partial charge in [-0.05, 0) is 36.1 Å². The number of anilines is 1. The predicted octanol–water partition coefficient (Wildman–Crippen LogP) is 3.73. The van der Waals surface area contributed by atoms with Gasteiger partial charge in [-0.25, -0.2) is 4.68 Å². The molecule has 34 heavy (non-hydrogen) atoms. The van der Waals surface area contributed by atoms with Crippen LogP contribution in [0.15, 0.2) is 54.0 Å². The lowest BCUT2D eigenvalue weighted by atomic mass is 9.77. The first-order valence-electron chi connectivity index (χ1n) is 10.9.